The van der Waals surface area contributed by atoms with Gasteiger partial charge in [-0.15, -0.1) is 0 Å². The van der Waals surface area contributed by atoms with Gasteiger partial charge in [0.1, 0.15) is 5.02 Å². The van der Waals surface area contributed by atoms with Crippen molar-refractivity contribution in [2.24, 2.45) is 5.92 Å². The van der Waals surface area contributed by atoms with Crippen LogP contribution in [0.2, 0.25) is 5.02 Å². The van der Waals surface area contributed by atoms with E-state index in [2.05, 4.69) is 18.0 Å². The number of hydrogen-bond donors (Lipinski definition) is 1. The lowest BCUT2D eigenvalue weighted by Crippen LogP contribution is -2.21. The number of sulfone groups is 1. The summed E-state index contributed by atoms with van der Waals surface area (Å²) in [5.74, 6) is 0.251. The van der Waals surface area contributed by atoms with Gasteiger partial charge in [0.2, 0.25) is 0 Å². The van der Waals surface area contributed by atoms with Gasteiger partial charge in [-0.2, -0.15) is 5.06 Å². The number of hydrogen-bond acceptors (Lipinski definition) is 5. The Morgan fingerprint density at radius 2 is 1.94 bits per heavy atom. The van der Waals surface area contributed by atoms with Crippen LogP contribution in [-0.4, -0.2) is 43.4 Å². The van der Waals surface area contributed by atoms with Crippen LogP contribution in [0, 0.1) is 5.92 Å². The van der Waals surface area contributed by atoms with Crippen LogP contribution in [0.15, 0.2) is 52.2 Å². The molecule has 0 spiro atoms. The molecule has 2 heterocycles. The van der Waals surface area contributed by atoms with Gasteiger partial charge in [0.15, 0.2) is 9.84 Å². The Labute approximate surface area is 187 Å². The molecule has 6 nitrogen and oxygen atoms in total. The van der Waals surface area contributed by atoms with Gasteiger partial charge in [-0.3, -0.25) is 9.63 Å². The predicted molar refractivity (Wildman–Crippen MR) is 122 cm³/mol. The zero-order valence-corrected chi connectivity index (χ0v) is 19.1. The van der Waals surface area contributed by atoms with E-state index in [0.717, 1.165) is 49.9 Å². The highest BCUT2D eigenvalue weighted by atomic mass is 35.5. The van der Waals surface area contributed by atoms with E-state index in [9.17, 15) is 13.2 Å². The summed E-state index contributed by atoms with van der Waals surface area (Å²) < 4.78 is 25.1. The quantitative estimate of drug-likeness (QED) is 0.640. The Bertz CT molecular complexity index is 1120. The minimum absolute atomic E-state index is 0.133. The number of aromatic amines is 1. The highest BCUT2D eigenvalue weighted by Gasteiger charge is 2.36. The molecule has 1 aromatic carbocycles. The SMILES string of the molecule is CCCON1CCC(/C=C(/c2ccc(S(=O)(=O)C3CC3)cc2)c2ccc(Cl)c(=O)[nH]2)C1. The highest BCUT2D eigenvalue weighted by Crippen LogP contribution is 2.34. The fraction of sp³-hybridized carbons (Fsp3) is 0.435. The van der Waals surface area contributed by atoms with Crippen molar-refractivity contribution in [1.82, 2.24) is 10.0 Å². The maximum absolute atomic E-state index is 12.5. The molecule has 1 aromatic heterocycles. The average Bonchev–Trinajstić information content (AvgIpc) is 3.54. The Morgan fingerprint density at radius 3 is 2.58 bits per heavy atom. The number of benzene rings is 1. The maximum Gasteiger partial charge on any atom is 0.267 e. The number of rotatable bonds is 8. The first-order valence-corrected chi connectivity index (χ1v) is 12.6. The molecule has 31 heavy (non-hydrogen) atoms. The molecule has 1 unspecified atom stereocenters. The third-order valence-electron chi connectivity index (χ3n) is 5.68. The fourth-order valence-electron chi connectivity index (χ4n) is 3.81. The second-order valence-electron chi connectivity index (χ2n) is 8.17. The molecule has 2 aliphatic rings. The zero-order chi connectivity index (χ0) is 22.0. The molecule has 2 aromatic rings. The van der Waals surface area contributed by atoms with Crippen LogP contribution in [0.5, 0.6) is 0 Å². The number of pyridine rings is 1. The molecule has 1 saturated heterocycles. The van der Waals surface area contributed by atoms with Crippen molar-refractivity contribution in [3.8, 4) is 0 Å². The Kier molecular flexibility index (Phi) is 6.67. The molecular weight excluding hydrogens is 436 g/mol. The smallest absolute Gasteiger partial charge is 0.267 e. The number of aromatic nitrogens is 1. The van der Waals surface area contributed by atoms with Gasteiger partial charge in [0, 0.05) is 24.4 Å². The van der Waals surface area contributed by atoms with Crippen molar-refractivity contribution in [3.05, 3.63) is 69.1 Å². The van der Waals surface area contributed by atoms with Crippen LogP contribution in [0.4, 0.5) is 0 Å². The minimum atomic E-state index is -3.24. The standard InChI is InChI=1S/C23H27ClN2O4S/c1-2-13-30-26-12-11-16(15-26)14-20(22-10-9-21(24)23(27)25-22)17-3-5-18(6-4-17)31(28,29)19-7-8-19/h3-6,9-10,14,16,19H,2,7-8,11-13,15H2,1H3,(H,25,27)/b20-14-. The van der Waals surface area contributed by atoms with E-state index in [1.165, 1.54) is 0 Å². The van der Waals surface area contributed by atoms with Gasteiger partial charge < -0.3 is 4.98 Å². The Hall–Kier alpha value is -1.93. The lowest BCUT2D eigenvalue weighted by molar-refractivity contribution is -0.143. The van der Waals surface area contributed by atoms with E-state index in [1.54, 1.807) is 24.3 Å². The average molecular weight is 463 g/mol. The van der Waals surface area contributed by atoms with Crippen LogP contribution in [0.1, 0.15) is 43.9 Å². The van der Waals surface area contributed by atoms with Crippen LogP contribution >= 0.6 is 11.6 Å². The van der Waals surface area contributed by atoms with Gasteiger partial charge in [0.25, 0.3) is 5.56 Å². The molecule has 1 atom stereocenters. The van der Waals surface area contributed by atoms with Gasteiger partial charge in [-0.05, 0) is 61.4 Å². The molecule has 0 bridgehead atoms. The summed E-state index contributed by atoms with van der Waals surface area (Å²) in [6.45, 7) is 4.40. The summed E-state index contributed by atoms with van der Waals surface area (Å²) in [5, 5.41) is 1.88. The number of halogens is 1. The number of nitrogens with zero attached hydrogens (tertiary/aromatic N) is 1. The van der Waals surface area contributed by atoms with Gasteiger partial charge >= 0.3 is 0 Å². The summed E-state index contributed by atoms with van der Waals surface area (Å²) in [7, 11) is -3.24. The van der Waals surface area contributed by atoms with E-state index in [-0.39, 0.29) is 21.7 Å². The highest BCUT2D eigenvalue weighted by molar-refractivity contribution is 7.92. The van der Waals surface area contributed by atoms with Crippen molar-refractivity contribution in [1.29, 1.82) is 0 Å². The second kappa shape index (κ2) is 9.28. The first-order chi connectivity index (χ1) is 14.9. The van der Waals surface area contributed by atoms with Crippen molar-refractivity contribution in [2.45, 2.75) is 42.8 Å². The third-order valence-corrected chi connectivity index (χ3v) is 8.25. The second-order valence-corrected chi connectivity index (χ2v) is 10.8. The van der Waals surface area contributed by atoms with Crippen molar-refractivity contribution in [2.75, 3.05) is 19.7 Å². The third kappa shape index (κ3) is 5.12. The van der Waals surface area contributed by atoms with E-state index in [0.29, 0.717) is 17.2 Å². The summed E-state index contributed by atoms with van der Waals surface area (Å²) in [6.07, 6.45) is 5.52. The Balaban J connectivity index is 1.66. The van der Waals surface area contributed by atoms with E-state index >= 15 is 0 Å². The summed E-state index contributed by atoms with van der Waals surface area (Å²) in [4.78, 5) is 21.1. The predicted octanol–water partition coefficient (Wildman–Crippen LogP) is 4.06. The van der Waals surface area contributed by atoms with E-state index < -0.39 is 9.84 Å². The van der Waals surface area contributed by atoms with Crippen LogP contribution in [0.3, 0.4) is 0 Å². The molecule has 1 saturated carbocycles. The van der Waals surface area contributed by atoms with Crippen molar-refractivity contribution >= 4 is 27.0 Å². The lowest BCUT2D eigenvalue weighted by atomic mass is 9.96. The van der Waals surface area contributed by atoms with Crippen molar-refractivity contribution in [3.63, 3.8) is 0 Å². The molecule has 166 valence electrons. The summed E-state index contributed by atoms with van der Waals surface area (Å²) in [5.41, 5.74) is 2.00. The monoisotopic (exact) mass is 462 g/mol. The molecular formula is C23H27ClN2O4S. The number of H-pyrrole nitrogens is 1. The van der Waals surface area contributed by atoms with Gasteiger partial charge in [-0.25, -0.2) is 8.42 Å². The summed E-state index contributed by atoms with van der Waals surface area (Å²) >= 11 is 5.92. The lowest BCUT2D eigenvalue weighted by Gasteiger charge is -2.15. The fourth-order valence-corrected chi connectivity index (χ4v) is 5.58. The minimum Gasteiger partial charge on any atom is -0.321 e. The molecule has 0 amide bonds. The summed E-state index contributed by atoms with van der Waals surface area (Å²) in [6, 6.07) is 10.3. The number of hydroxylamine groups is 2. The molecule has 1 aliphatic heterocycles. The maximum atomic E-state index is 12.5. The van der Waals surface area contributed by atoms with Crippen molar-refractivity contribution < 1.29 is 13.3 Å². The van der Waals surface area contributed by atoms with Crippen LogP contribution < -0.4 is 5.56 Å². The first-order valence-electron chi connectivity index (χ1n) is 10.7. The topological polar surface area (TPSA) is 79.5 Å². The Morgan fingerprint density at radius 1 is 1.19 bits per heavy atom. The van der Waals surface area contributed by atoms with E-state index in [4.69, 9.17) is 16.4 Å². The molecule has 8 heteroatoms. The largest absolute Gasteiger partial charge is 0.321 e. The zero-order valence-electron chi connectivity index (χ0n) is 17.5. The molecule has 1 N–H and O–H groups in total. The van der Waals surface area contributed by atoms with E-state index in [1.807, 2.05) is 17.2 Å². The number of nitrogens with one attached hydrogen (secondary N) is 1. The van der Waals surface area contributed by atoms with Gasteiger partial charge in [0.05, 0.1) is 16.8 Å². The molecule has 1 aliphatic carbocycles. The van der Waals surface area contributed by atoms with Gasteiger partial charge in [-0.1, -0.05) is 36.7 Å². The molecule has 4 rings (SSSR count). The molecule has 0 radical (unpaired) electrons. The first kappa shape index (κ1) is 22.3. The molecule has 2 fully saturated rings. The van der Waals surface area contributed by atoms with Crippen LogP contribution in [0.25, 0.3) is 5.57 Å². The normalized spacial score (nSPS) is 20.3. The van der Waals surface area contributed by atoms with Crippen LogP contribution in [-0.2, 0) is 14.7 Å².